The Bertz CT molecular complexity index is 495. The Balaban J connectivity index is 1.90. The number of benzene rings is 1. The van der Waals surface area contributed by atoms with E-state index in [-0.39, 0.29) is 0 Å². The van der Waals surface area contributed by atoms with Crippen LogP contribution in [0.5, 0.6) is 0 Å². The van der Waals surface area contributed by atoms with Gasteiger partial charge in [0, 0.05) is 42.1 Å². The van der Waals surface area contributed by atoms with Gasteiger partial charge in [0.2, 0.25) is 0 Å². The summed E-state index contributed by atoms with van der Waals surface area (Å²) in [6.07, 6.45) is 3.22. The smallest absolute Gasteiger partial charge is 0.191 e. The van der Waals surface area contributed by atoms with Crippen LogP contribution in [0.3, 0.4) is 0 Å². The minimum Gasteiger partial charge on any atom is -0.369 e. The lowest BCUT2D eigenvalue weighted by atomic mass is 10.3. The number of hydrogen-bond donors (Lipinski definition) is 2. The summed E-state index contributed by atoms with van der Waals surface area (Å²) in [7, 11) is 0. The highest BCUT2D eigenvalue weighted by Gasteiger charge is 2.23. The Labute approximate surface area is 142 Å². The fourth-order valence-corrected chi connectivity index (χ4v) is 3.01. The van der Waals surface area contributed by atoms with E-state index in [1.165, 1.54) is 5.69 Å². The SMILES string of the molecule is CCNC(=NCCSC)NC1CCN(c2cccc(Cl)c2)C1. The molecule has 0 aliphatic carbocycles. The Morgan fingerprint density at radius 1 is 1.50 bits per heavy atom. The minimum atomic E-state index is 0.422. The highest BCUT2D eigenvalue weighted by molar-refractivity contribution is 7.98. The average Bonchev–Trinajstić information content (AvgIpc) is 2.96. The number of hydrogen-bond acceptors (Lipinski definition) is 3. The summed E-state index contributed by atoms with van der Waals surface area (Å²) in [5, 5.41) is 7.66. The van der Waals surface area contributed by atoms with Crippen molar-refractivity contribution in [3.8, 4) is 0 Å². The Morgan fingerprint density at radius 2 is 2.36 bits per heavy atom. The van der Waals surface area contributed by atoms with Gasteiger partial charge in [0.25, 0.3) is 0 Å². The lowest BCUT2D eigenvalue weighted by molar-refractivity contribution is 0.650. The molecule has 6 heteroatoms. The minimum absolute atomic E-state index is 0.422. The summed E-state index contributed by atoms with van der Waals surface area (Å²) in [6, 6.07) is 8.49. The van der Waals surface area contributed by atoms with Crippen molar-refractivity contribution in [1.82, 2.24) is 10.6 Å². The van der Waals surface area contributed by atoms with Crippen molar-refractivity contribution >= 4 is 35.0 Å². The van der Waals surface area contributed by atoms with E-state index in [1.807, 2.05) is 30.0 Å². The number of anilines is 1. The number of aliphatic imine (C=N–C) groups is 1. The van der Waals surface area contributed by atoms with Crippen LogP contribution in [0.2, 0.25) is 5.02 Å². The van der Waals surface area contributed by atoms with Gasteiger partial charge in [-0.3, -0.25) is 4.99 Å². The van der Waals surface area contributed by atoms with Crippen LogP contribution in [0, 0.1) is 0 Å². The zero-order chi connectivity index (χ0) is 15.8. The quantitative estimate of drug-likeness (QED) is 0.474. The van der Waals surface area contributed by atoms with E-state index < -0.39 is 0 Å². The number of nitrogens with one attached hydrogen (secondary N) is 2. The number of halogens is 1. The first-order chi connectivity index (χ1) is 10.7. The molecular formula is C16H25ClN4S. The number of nitrogens with zero attached hydrogens (tertiary/aromatic N) is 2. The molecule has 122 valence electrons. The van der Waals surface area contributed by atoms with Gasteiger partial charge in [0.05, 0.1) is 6.54 Å². The molecular weight excluding hydrogens is 316 g/mol. The fourth-order valence-electron chi connectivity index (χ4n) is 2.55. The molecule has 0 radical (unpaired) electrons. The third kappa shape index (κ3) is 5.29. The molecule has 0 spiro atoms. The molecule has 2 N–H and O–H groups in total. The van der Waals surface area contributed by atoms with Gasteiger partial charge in [-0.15, -0.1) is 0 Å². The Kier molecular flexibility index (Phi) is 7.19. The topological polar surface area (TPSA) is 39.7 Å². The van der Waals surface area contributed by atoms with Gasteiger partial charge >= 0.3 is 0 Å². The van der Waals surface area contributed by atoms with Gasteiger partial charge in [-0.25, -0.2) is 0 Å². The average molecular weight is 341 g/mol. The highest BCUT2D eigenvalue weighted by Crippen LogP contribution is 2.23. The highest BCUT2D eigenvalue weighted by atomic mass is 35.5. The van der Waals surface area contributed by atoms with Gasteiger partial charge in [-0.2, -0.15) is 11.8 Å². The zero-order valence-corrected chi connectivity index (χ0v) is 14.9. The van der Waals surface area contributed by atoms with Crippen LogP contribution in [0.4, 0.5) is 5.69 Å². The summed E-state index contributed by atoms with van der Waals surface area (Å²) in [5.41, 5.74) is 1.20. The Hall–Kier alpha value is -1.07. The maximum absolute atomic E-state index is 6.08. The van der Waals surface area contributed by atoms with Crippen molar-refractivity contribution in [2.75, 3.05) is 43.1 Å². The van der Waals surface area contributed by atoms with E-state index in [1.54, 1.807) is 0 Å². The van der Waals surface area contributed by atoms with Crippen molar-refractivity contribution in [2.45, 2.75) is 19.4 Å². The second-order valence-corrected chi connectivity index (χ2v) is 6.73. The molecule has 0 aromatic heterocycles. The van der Waals surface area contributed by atoms with Crippen LogP contribution < -0.4 is 15.5 Å². The van der Waals surface area contributed by atoms with E-state index in [9.17, 15) is 0 Å². The molecule has 1 saturated heterocycles. The van der Waals surface area contributed by atoms with Crippen molar-refractivity contribution in [3.63, 3.8) is 0 Å². The van der Waals surface area contributed by atoms with Gasteiger partial charge in [0.1, 0.15) is 0 Å². The molecule has 1 atom stereocenters. The van der Waals surface area contributed by atoms with E-state index in [2.05, 4.69) is 39.8 Å². The van der Waals surface area contributed by atoms with Crippen LogP contribution in [0.15, 0.2) is 29.3 Å². The lowest BCUT2D eigenvalue weighted by Crippen LogP contribution is -2.44. The van der Waals surface area contributed by atoms with Crippen molar-refractivity contribution in [2.24, 2.45) is 4.99 Å². The Morgan fingerprint density at radius 3 is 3.09 bits per heavy atom. The zero-order valence-electron chi connectivity index (χ0n) is 13.3. The number of rotatable bonds is 6. The second kappa shape index (κ2) is 9.16. The molecule has 1 unspecified atom stereocenters. The second-order valence-electron chi connectivity index (χ2n) is 5.31. The van der Waals surface area contributed by atoms with E-state index >= 15 is 0 Å². The predicted molar refractivity (Wildman–Crippen MR) is 99.6 cm³/mol. The van der Waals surface area contributed by atoms with Crippen LogP contribution >= 0.6 is 23.4 Å². The molecule has 22 heavy (non-hydrogen) atoms. The summed E-state index contributed by atoms with van der Waals surface area (Å²) in [6.45, 7) is 5.85. The van der Waals surface area contributed by atoms with Gasteiger partial charge in [-0.05, 0) is 37.8 Å². The van der Waals surface area contributed by atoms with Crippen molar-refractivity contribution in [3.05, 3.63) is 29.3 Å². The molecule has 4 nitrogen and oxygen atoms in total. The molecule has 1 heterocycles. The third-order valence-corrected chi connectivity index (χ3v) is 4.44. The van der Waals surface area contributed by atoms with Crippen LogP contribution in [-0.2, 0) is 0 Å². The number of thioether (sulfide) groups is 1. The predicted octanol–water partition coefficient (Wildman–Crippen LogP) is 2.84. The maximum Gasteiger partial charge on any atom is 0.191 e. The molecule has 1 aliphatic heterocycles. The maximum atomic E-state index is 6.08. The van der Waals surface area contributed by atoms with Crippen molar-refractivity contribution < 1.29 is 0 Å². The van der Waals surface area contributed by atoms with E-state index in [0.717, 1.165) is 49.3 Å². The fraction of sp³-hybridized carbons (Fsp3) is 0.562. The van der Waals surface area contributed by atoms with Gasteiger partial charge in [0.15, 0.2) is 5.96 Å². The first kappa shape index (κ1) is 17.3. The van der Waals surface area contributed by atoms with Crippen LogP contribution in [-0.4, -0.2) is 50.2 Å². The van der Waals surface area contributed by atoms with Gasteiger partial charge < -0.3 is 15.5 Å². The van der Waals surface area contributed by atoms with Crippen molar-refractivity contribution in [1.29, 1.82) is 0 Å². The summed E-state index contributed by atoms with van der Waals surface area (Å²) in [4.78, 5) is 6.98. The molecule has 1 aliphatic rings. The van der Waals surface area contributed by atoms with E-state index in [0.29, 0.717) is 6.04 Å². The van der Waals surface area contributed by atoms with E-state index in [4.69, 9.17) is 11.6 Å². The molecule has 0 amide bonds. The van der Waals surface area contributed by atoms with Gasteiger partial charge in [-0.1, -0.05) is 17.7 Å². The molecule has 1 aromatic rings. The molecule has 2 rings (SSSR count). The van der Waals surface area contributed by atoms with Crippen LogP contribution in [0.1, 0.15) is 13.3 Å². The van der Waals surface area contributed by atoms with Crippen LogP contribution in [0.25, 0.3) is 0 Å². The largest absolute Gasteiger partial charge is 0.369 e. The molecule has 1 aromatic carbocycles. The summed E-state index contributed by atoms with van der Waals surface area (Å²) in [5.74, 6) is 1.98. The molecule has 1 fully saturated rings. The third-order valence-electron chi connectivity index (χ3n) is 3.61. The summed E-state index contributed by atoms with van der Waals surface area (Å²) >= 11 is 7.90. The normalized spacial score (nSPS) is 18.6. The first-order valence-corrected chi connectivity index (χ1v) is 9.54. The summed E-state index contributed by atoms with van der Waals surface area (Å²) < 4.78 is 0. The standard InChI is InChI=1S/C16H25ClN4S/c1-3-18-16(19-8-10-22-2)20-14-7-9-21(12-14)15-6-4-5-13(17)11-15/h4-6,11,14H,3,7-10,12H2,1-2H3,(H2,18,19,20). The molecule has 0 bridgehead atoms. The molecule has 0 saturated carbocycles. The first-order valence-electron chi connectivity index (χ1n) is 7.77. The lowest BCUT2D eigenvalue weighted by Gasteiger charge is -2.20. The monoisotopic (exact) mass is 340 g/mol. The number of guanidine groups is 1.